The van der Waals surface area contributed by atoms with E-state index in [1.54, 1.807) is 0 Å². The molecule has 4 N–H and O–H groups in total. The summed E-state index contributed by atoms with van der Waals surface area (Å²) in [5, 5.41) is 16.9. The first kappa shape index (κ1) is 8.19. The maximum Gasteiger partial charge on any atom is 0.491 e. The molecule has 0 saturated carbocycles. The van der Waals surface area contributed by atoms with Crippen molar-refractivity contribution in [3.8, 4) is 0 Å². The number of nitrogens with two attached hydrogens (primary N) is 1. The van der Waals surface area contributed by atoms with Crippen LogP contribution in [0, 0.1) is 0 Å². The van der Waals surface area contributed by atoms with E-state index in [1.165, 1.54) is 13.3 Å². The van der Waals surface area contributed by atoms with Crippen LogP contribution in [0.4, 0.5) is 0 Å². The molecule has 0 rings (SSSR count). The van der Waals surface area contributed by atoms with Gasteiger partial charge in [-0.2, -0.15) is 0 Å². The van der Waals surface area contributed by atoms with Gasteiger partial charge in [0.2, 0.25) is 0 Å². The molecule has 0 bridgehead atoms. The number of allylic oxidation sites excluding steroid dienone is 1. The number of hydrogen-bond donors (Lipinski definition) is 3. The van der Waals surface area contributed by atoms with Crippen molar-refractivity contribution in [2.45, 2.75) is 0 Å². The zero-order chi connectivity index (χ0) is 7.28. The zero-order valence-electron chi connectivity index (χ0n) is 5.15. The second kappa shape index (κ2) is 4.11. The van der Waals surface area contributed by atoms with Gasteiger partial charge in [0.1, 0.15) is 0 Å². The molecule has 0 radical (unpaired) electrons. The second-order valence-electron chi connectivity index (χ2n) is 1.43. The third-order valence-electron chi connectivity index (χ3n) is 0.769. The van der Waals surface area contributed by atoms with E-state index in [0.29, 0.717) is 0 Å². The molecule has 0 amide bonds. The Kier molecular flexibility index (Phi) is 3.74. The molecule has 0 aromatic carbocycles. The Bertz CT molecular complexity index is 133. The lowest BCUT2D eigenvalue weighted by Crippen LogP contribution is -2.17. The van der Waals surface area contributed by atoms with Crippen LogP contribution in [-0.2, 0) is 0 Å². The predicted octanol–water partition coefficient (Wildman–Crippen LogP) is -1.46. The Balaban J connectivity index is 4.01. The molecule has 50 valence electrons. The van der Waals surface area contributed by atoms with Crippen LogP contribution in [0.2, 0.25) is 0 Å². The van der Waals surface area contributed by atoms with E-state index in [9.17, 15) is 0 Å². The summed E-state index contributed by atoms with van der Waals surface area (Å²) < 4.78 is 0. The summed E-state index contributed by atoms with van der Waals surface area (Å²) >= 11 is 0. The molecule has 5 heteroatoms. The fraction of sp³-hybridized carbons (Fsp3) is 0.250. The fourth-order valence-corrected chi connectivity index (χ4v) is 0.345. The minimum atomic E-state index is -1.53. The first-order valence-electron chi connectivity index (χ1n) is 2.42. The van der Waals surface area contributed by atoms with Crippen molar-refractivity contribution in [1.82, 2.24) is 0 Å². The van der Waals surface area contributed by atoms with E-state index in [0.717, 1.165) is 6.20 Å². The van der Waals surface area contributed by atoms with Gasteiger partial charge in [0, 0.05) is 18.7 Å². The van der Waals surface area contributed by atoms with Gasteiger partial charge in [0.05, 0.1) is 0 Å². The highest BCUT2D eigenvalue weighted by molar-refractivity contribution is 6.56. The molecule has 0 aromatic heterocycles. The van der Waals surface area contributed by atoms with Crippen LogP contribution in [0.5, 0.6) is 0 Å². The van der Waals surface area contributed by atoms with E-state index in [2.05, 4.69) is 4.99 Å². The molecule has 0 saturated heterocycles. The Hall–Kier alpha value is -0.805. The van der Waals surface area contributed by atoms with Crippen LogP contribution >= 0.6 is 0 Å². The van der Waals surface area contributed by atoms with Gasteiger partial charge >= 0.3 is 7.12 Å². The molecule has 0 aliphatic heterocycles. The molecule has 0 aromatic rings. The third-order valence-corrected chi connectivity index (χ3v) is 0.769. The summed E-state index contributed by atoms with van der Waals surface area (Å²) in [6, 6.07) is 0. The van der Waals surface area contributed by atoms with Crippen LogP contribution in [0.3, 0.4) is 0 Å². The summed E-state index contributed by atoms with van der Waals surface area (Å²) in [6.45, 7) is 0. The average Bonchev–Trinajstić information content (AvgIpc) is 1.82. The molecular weight excluding hydrogens is 119 g/mol. The van der Waals surface area contributed by atoms with Crippen LogP contribution in [0.15, 0.2) is 16.7 Å². The molecule has 0 aliphatic carbocycles. The molecule has 4 nitrogen and oxygen atoms in total. The highest BCUT2D eigenvalue weighted by atomic mass is 16.4. The smallest absolute Gasteiger partial charge is 0.423 e. The van der Waals surface area contributed by atoms with Gasteiger partial charge in [-0.15, -0.1) is 0 Å². The highest BCUT2D eigenvalue weighted by Crippen LogP contribution is 1.87. The van der Waals surface area contributed by atoms with Crippen molar-refractivity contribution in [3.63, 3.8) is 0 Å². The molecule has 0 heterocycles. The van der Waals surface area contributed by atoms with Crippen LogP contribution in [-0.4, -0.2) is 30.4 Å². The number of nitrogens with zero attached hydrogens (tertiary/aromatic N) is 1. The molecule has 0 fully saturated rings. The summed E-state index contributed by atoms with van der Waals surface area (Å²) in [7, 11) is -0.00926. The summed E-state index contributed by atoms with van der Waals surface area (Å²) in [5.41, 5.74) is 5.18. The topological polar surface area (TPSA) is 78.8 Å². The standard InChI is InChI=1S/C4H9BN2O2/c1-7-3-4(2-6)5(8)9/h2-3,8-9H,6H2,1H3/b4-2+,7-3?. The molecule has 0 aliphatic rings. The molecule has 0 spiro atoms. The number of hydrogen-bond acceptors (Lipinski definition) is 4. The molecular formula is C4H9BN2O2. The van der Waals surface area contributed by atoms with Crippen molar-refractivity contribution in [2.24, 2.45) is 10.7 Å². The van der Waals surface area contributed by atoms with Gasteiger partial charge < -0.3 is 15.8 Å². The Labute approximate surface area is 53.9 Å². The van der Waals surface area contributed by atoms with Gasteiger partial charge in [0.15, 0.2) is 0 Å². The van der Waals surface area contributed by atoms with Gasteiger partial charge in [-0.1, -0.05) is 0 Å². The first-order chi connectivity index (χ1) is 4.22. The van der Waals surface area contributed by atoms with E-state index in [4.69, 9.17) is 15.8 Å². The van der Waals surface area contributed by atoms with Crippen LogP contribution in [0.1, 0.15) is 0 Å². The Morgan fingerprint density at radius 1 is 1.67 bits per heavy atom. The van der Waals surface area contributed by atoms with Gasteiger partial charge in [0.25, 0.3) is 0 Å². The largest absolute Gasteiger partial charge is 0.491 e. The zero-order valence-corrected chi connectivity index (χ0v) is 5.15. The lowest BCUT2D eigenvalue weighted by Gasteiger charge is -1.94. The van der Waals surface area contributed by atoms with Crippen molar-refractivity contribution < 1.29 is 10.0 Å². The molecule has 0 unspecified atom stereocenters. The van der Waals surface area contributed by atoms with Gasteiger partial charge in [-0.25, -0.2) is 0 Å². The van der Waals surface area contributed by atoms with E-state index < -0.39 is 7.12 Å². The van der Waals surface area contributed by atoms with E-state index in [-0.39, 0.29) is 5.47 Å². The summed E-state index contributed by atoms with van der Waals surface area (Å²) in [5.74, 6) is 0. The quantitative estimate of drug-likeness (QED) is 0.314. The minimum absolute atomic E-state index is 0.192. The second-order valence-corrected chi connectivity index (χ2v) is 1.43. The van der Waals surface area contributed by atoms with E-state index >= 15 is 0 Å². The Morgan fingerprint density at radius 3 is 2.33 bits per heavy atom. The fourth-order valence-electron chi connectivity index (χ4n) is 0.345. The highest BCUT2D eigenvalue weighted by Gasteiger charge is 2.10. The third kappa shape index (κ3) is 2.89. The lowest BCUT2D eigenvalue weighted by molar-refractivity contribution is 0.422. The van der Waals surface area contributed by atoms with Crippen molar-refractivity contribution in [2.75, 3.05) is 7.05 Å². The van der Waals surface area contributed by atoms with Crippen molar-refractivity contribution in [3.05, 3.63) is 11.7 Å². The van der Waals surface area contributed by atoms with Crippen LogP contribution < -0.4 is 5.73 Å². The summed E-state index contributed by atoms with van der Waals surface area (Å²) in [4.78, 5) is 3.53. The van der Waals surface area contributed by atoms with E-state index in [1.807, 2.05) is 0 Å². The molecule has 9 heavy (non-hydrogen) atoms. The first-order valence-corrected chi connectivity index (χ1v) is 2.42. The SMILES string of the molecule is CN=C/C(=C\N)B(O)O. The van der Waals surface area contributed by atoms with Crippen molar-refractivity contribution in [1.29, 1.82) is 0 Å². The molecule has 0 atom stereocenters. The Morgan fingerprint density at radius 2 is 2.22 bits per heavy atom. The lowest BCUT2D eigenvalue weighted by atomic mass is 9.81. The number of rotatable bonds is 2. The monoisotopic (exact) mass is 128 g/mol. The van der Waals surface area contributed by atoms with Crippen LogP contribution in [0.25, 0.3) is 0 Å². The normalized spacial score (nSPS) is 12.6. The van der Waals surface area contributed by atoms with Gasteiger partial charge in [-0.05, 0) is 6.20 Å². The van der Waals surface area contributed by atoms with Crippen molar-refractivity contribution >= 4 is 13.3 Å². The summed E-state index contributed by atoms with van der Waals surface area (Å²) in [6.07, 6.45) is 2.38. The number of aliphatic imine (C=N–C) groups is 1. The minimum Gasteiger partial charge on any atom is -0.423 e. The predicted molar refractivity (Wildman–Crippen MR) is 36.9 cm³/mol. The maximum atomic E-state index is 8.46. The maximum absolute atomic E-state index is 8.46. The van der Waals surface area contributed by atoms with Gasteiger partial charge in [-0.3, -0.25) is 4.99 Å². The average molecular weight is 128 g/mol.